The fourth-order valence-electron chi connectivity index (χ4n) is 3.65. The van der Waals surface area contributed by atoms with Crippen LogP contribution in [0.4, 0.5) is 0 Å². The molecule has 7 heteroatoms. The van der Waals surface area contributed by atoms with E-state index in [1.165, 1.54) is 0 Å². The molecule has 0 aliphatic carbocycles. The van der Waals surface area contributed by atoms with Crippen molar-refractivity contribution in [3.05, 3.63) is 46.7 Å². The zero-order valence-electron chi connectivity index (χ0n) is 18.2. The molecular weight excluding hydrogens is 442 g/mol. The molecule has 0 saturated carbocycles. The maximum absolute atomic E-state index is 13.2. The lowest BCUT2D eigenvalue weighted by Gasteiger charge is -2.20. The molecule has 0 saturated heterocycles. The normalized spacial score (nSPS) is 12.5. The van der Waals surface area contributed by atoms with Crippen molar-refractivity contribution in [3.63, 3.8) is 0 Å². The monoisotopic (exact) mass is 471 g/mol. The second kappa shape index (κ2) is 10.2. The van der Waals surface area contributed by atoms with E-state index in [0.717, 1.165) is 53.7 Å². The molecule has 1 unspecified atom stereocenters. The Bertz CT molecular complexity index is 1010. The van der Waals surface area contributed by atoms with E-state index in [-0.39, 0.29) is 11.9 Å². The second-order valence-electron chi connectivity index (χ2n) is 7.62. The van der Waals surface area contributed by atoms with Gasteiger partial charge >= 0.3 is 0 Å². The third kappa shape index (κ3) is 5.26. The van der Waals surface area contributed by atoms with Crippen LogP contribution in [0.5, 0.6) is 0 Å². The number of benzene rings is 1. The van der Waals surface area contributed by atoms with Crippen molar-refractivity contribution in [3.8, 4) is 11.5 Å². The van der Waals surface area contributed by atoms with Crippen LogP contribution >= 0.6 is 15.9 Å². The first-order valence-electron chi connectivity index (χ1n) is 10.5. The summed E-state index contributed by atoms with van der Waals surface area (Å²) >= 11 is 3.52. The molecule has 30 heavy (non-hydrogen) atoms. The number of amides is 1. The number of carbonyl (C=O) groups excluding carboxylic acids is 1. The summed E-state index contributed by atoms with van der Waals surface area (Å²) in [5.74, 6) is 0.660. The smallest absolute Gasteiger partial charge is 0.252 e. The molecule has 0 fully saturated rings. The number of carbonyl (C=O) groups is 1. The minimum absolute atomic E-state index is 0.0775. The SMILES string of the molecule is CCN(CC)CCCC(C)NC(=O)c1cc(-c2nccn2C)nc2ccc(Br)cc12. The molecule has 6 nitrogen and oxygen atoms in total. The number of nitrogens with zero attached hydrogens (tertiary/aromatic N) is 4. The van der Waals surface area contributed by atoms with Crippen LogP contribution in [0.15, 0.2) is 41.1 Å². The highest BCUT2D eigenvalue weighted by Crippen LogP contribution is 2.26. The van der Waals surface area contributed by atoms with Gasteiger partial charge in [0.1, 0.15) is 5.69 Å². The average Bonchev–Trinajstić information content (AvgIpc) is 3.16. The molecule has 0 aliphatic heterocycles. The molecule has 3 rings (SSSR count). The summed E-state index contributed by atoms with van der Waals surface area (Å²) in [4.78, 5) is 24.7. The summed E-state index contributed by atoms with van der Waals surface area (Å²) in [7, 11) is 1.92. The number of pyridine rings is 1. The van der Waals surface area contributed by atoms with E-state index in [4.69, 9.17) is 4.98 Å². The topological polar surface area (TPSA) is 63.1 Å². The number of rotatable bonds is 9. The fourth-order valence-corrected chi connectivity index (χ4v) is 4.01. The van der Waals surface area contributed by atoms with Gasteiger partial charge in [-0.1, -0.05) is 29.8 Å². The first-order chi connectivity index (χ1) is 14.4. The zero-order chi connectivity index (χ0) is 21.7. The van der Waals surface area contributed by atoms with Gasteiger partial charge in [-0.25, -0.2) is 9.97 Å². The molecule has 0 aliphatic rings. The van der Waals surface area contributed by atoms with Crippen molar-refractivity contribution in [2.75, 3.05) is 19.6 Å². The second-order valence-corrected chi connectivity index (χ2v) is 8.54. The Kier molecular flexibility index (Phi) is 7.61. The number of nitrogens with one attached hydrogen (secondary N) is 1. The number of fused-ring (bicyclic) bond motifs is 1. The van der Waals surface area contributed by atoms with Gasteiger partial charge in [-0.3, -0.25) is 4.79 Å². The Morgan fingerprint density at radius 2 is 2.03 bits per heavy atom. The van der Waals surface area contributed by atoms with Gasteiger partial charge in [0.05, 0.1) is 11.1 Å². The molecule has 0 bridgehead atoms. The van der Waals surface area contributed by atoms with E-state index in [1.54, 1.807) is 6.20 Å². The average molecular weight is 472 g/mol. The molecule has 2 aromatic heterocycles. The summed E-state index contributed by atoms with van der Waals surface area (Å²) in [6.45, 7) is 9.61. The lowest BCUT2D eigenvalue weighted by molar-refractivity contribution is 0.0939. The van der Waals surface area contributed by atoms with E-state index >= 15 is 0 Å². The summed E-state index contributed by atoms with van der Waals surface area (Å²) < 4.78 is 2.83. The molecule has 1 N–H and O–H groups in total. The maximum Gasteiger partial charge on any atom is 0.252 e. The van der Waals surface area contributed by atoms with Crippen molar-refractivity contribution in [1.29, 1.82) is 0 Å². The van der Waals surface area contributed by atoms with Gasteiger partial charge in [-0.05, 0) is 63.7 Å². The minimum atomic E-state index is -0.0775. The van der Waals surface area contributed by atoms with Crippen molar-refractivity contribution in [2.24, 2.45) is 7.05 Å². The first-order valence-corrected chi connectivity index (χ1v) is 11.3. The van der Waals surface area contributed by atoms with E-state index < -0.39 is 0 Å². The number of aryl methyl sites for hydroxylation is 1. The largest absolute Gasteiger partial charge is 0.350 e. The molecular formula is C23H30BrN5O. The van der Waals surface area contributed by atoms with Gasteiger partial charge < -0.3 is 14.8 Å². The van der Waals surface area contributed by atoms with Gasteiger partial charge in [-0.15, -0.1) is 0 Å². The first kappa shape index (κ1) is 22.4. The van der Waals surface area contributed by atoms with Gasteiger partial charge in [0, 0.05) is 35.3 Å². The van der Waals surface area contributed by atoms with E-state index in [0.29, 0.717) is 11.3 Å². The molecule has 1 amide bonds. The van der Waals surface area contributed by atoms with Crippen LogP contribution in [-0.2, 0) is 7.05 Å². The lowest BCUT2D eigenvalue weighted by atomic mass is 10.1. The van der Waals surface area contributed by atoms with Crippen LogP contribution in [0.1, 0.15) is 44.0 Å². The summed E-state index contributed by atoms with van der Waals surface area (Å²) in [6.07, 6.45) is 5.62. The molecule has 2 heterocycles. The lowest BCUT2D eigenvalue weighted by Crippen LogP contribution is -2.34. The van der Waals surface area contributed by atoms with Crippen molar-refractivity contribution < 1.29 is 4.79 Å². The van der Waals surface area contributed by atoms with Crippen molar-refractivity contribution in [1.82, 2.24) is 24.8 Å². The Morgan fingerprint density at radius 3 is 2.70 bits per heavy atom. The van der Waals surface area contributed by atoms with Crippen LogP contribution in [-0.4, -0.2) is 51.0 Å². The Hall–Kier alpha value is -2.25. The number of hydrogen-bond donors (Lipinski definition) is 1. The predicted molar refractivity (Wildman–Crippen MR) is 126 cm³/mol. The van der Waals surface area contributed by atoms with Crippen LogP contribution in [0.25, 0.3) is 22.4 Å². The molecule has 0 radical (unpaired) electrons. The standard InChI is InChI=1S/C23H30BrN5O/c1-5-29(6-2)12-7-8-16(3)26-23(30)19-15-21(22-25-11-13-28(22)4)27-20-10-9-17(24)14-18(19)20/h9-11,13-16H,5-8,12H2,1-4H3,(H,26,30). The van der Waals surface area contributed by atoms with Crippen molar-refractivity contribution in [2.45, 2.75) is 39.7 Å². The van der Waals surface area contributed by atoms with Crippen molar-refractivity contribution >= 4 is 32.7 Å². The highest BCUT2D eigenvalue weighted by atomic mass is 79.9. The van der Waals surface area contributed by atoms with Crippen LogP contribution in [0.3, 0.4) is 0 Å². The number of imidazole rings is 1. The van der Waals surface area contributed by atoms with Gasteiger partial charge in [0.25, 0.3) is 5.91 Å². The van der Waals surface area contributed by atoms with Crippen LogP contribution in [0, 0.1) is 0 Å². The number of hydrogen-bond acceptors (Lipinski definition) is 4. The van der Waals surface area contributed by atoms with Gasteiger partial charge in [-0.2, -0.15) is 0 Å². The Morgan fingerprint density at radius 1 is 1.27 bits per heavy atom. The van der Waals surface area contributed by atoms with E-state index in [1.807, 2.05) is 42.1 Å². The van der Waals surface area contributed by atoms with Gasteiger partial charge in [0.2, 0.25) is 0 Å². The minimum Gasteiger partial charge on any atom is -0.350 e. The highest BCUT2D eigenvalue weighted by molar-refractivity contribution is 9.10. The van der Waals surface area contributed by atoms with Crippen LogP contribution in [0.2, 0.25) is 0 Å². The number of halogens is 1. The third-order valence-corrected chi connectivity index (χ3v) is 5.94. The molecule has 1 atom stereocenters. The fraction of sp³-hybridized carbons (Fsp3) is 0.435. The highest BCUT2D eigenvalue weighted by Gasteiger charge is 2.18. The Balaban J connectivity index is 1.83. The summed E-state index contributed by atoms with van der Waals surface area (Å²) in [5.41, 5.74) is 2.09. The van der Waals surface area contributed by atoms with Gasteiger partial charge in [0.15, 0.2) is 5.82 Å². The van der Waals surface area contributed by atoms with Crippen LogP contribution < -0.4 is 5.32 Å². The van der Waals surface area contributed by atoms with E-state index in [2.05, 4.69) is 51.9 Å². The molecule has 1 aromatic carbocycles. The maximum atomic E-state index is 13.2. The summed E-state index contributed by atoms with van der Waals surface area (Å²) in [5, 5.41) is 4.01. The number of aromatic nitrogens is 3. The zero-order valence-corrected chi connectivity index (χ0v) is 19.7. The Labute approximate surface area is 186 Å². The molecule has 0 spiro atoms. The van der Waals surface area contributed by atoms with E-state index in [9.17, 15) is 4.79 Å². The third-order valence-electron chi connectivity index (χ3n) is 5.45. The molecule has 3 aromatic rings. The molecule has 160 valence electrons. The summed E-state index contributed by atoms with van der Waals surface area (Å²) in [6, 6.07) is 7.75. The predicted octanol–water partition coefficient (Wildman–Crippen LogP) is 4.64. The quantitative estimate of drug-likeness (QED) is 0.493.